The maximum Gasteiger partial charge on any atom is 0.202 e. The molecule has 1 aromatic heterocycles. The highest BCUT2D eigenvalue weighted by Crippen LogP contribution is 2.36. The molecule has 3 rings (SSSR count). The van der Waals surface area contributed by atoms with E-state index in [1.54, 1.807) is 24.3 Å². The van der Waals surface area contributed by atoms with Crippen molar-refractivity contribution in [1.29, 1.82) is 0 Å². The second-order valence-corrected chi connectivity index (χ2v) is 4.95. The van der Waals surface area contributed by atoms with Crippen molar-refractivity contribution in [1.82, 2.24) is 0 Å². The van der Waals surface area contributed by atoms with Crippen LogP contribution in [0.25, 0.3) is 21.9 Å². The zero-order chi connectivity index (χ0) is 12.9. The largest absolute Gasteiger partial charge is 0.456 e. The molecule has 0 aliphatic rings. The van der Waals surface area contributed by atoms with E-state index in [2.05, 4.69) is 0 Å². The molecule has 2 aromatic carbocycles. The molecule has 0 aliphatic carbocycles. The minimum Gasteiger partial charge on any atom is -0.456 e. The first-order valence-electron chi connectivity index (χ1n) is 5.08. The SMILES string of the molecule is O=c1c2ccccc2oc2cc(Cl)c(Cl)c(Cl)c12. The number of fused-ring (bicyclic) bond motifs is 2. The molecule has 0 atom stereocenters. The molecular formula is C13H5Cl3O2. The van der Waals surface area contributed by atoms with Crippen LogP contribution >= 0.6 is 34.8 Å². The Hall–Kier alpha value is -1.22. The molecular weight excluding hydrogens is 294 g/mol. The molecule has 0 saturated heterocycles. The number of para-hydroxylation sites is 1. The highest BCUT2D eigenvalue weighted by molar-refractivity contribution is 6.50. The van der Waals surface area contributed by atoms with Gasteiger partial charge in [0.15, 0.2) is 0 Å². The van der Waals surface area contributed by atoms with Gasteiger partial charge in [-0.25, -0.2) is 0 Å². The lowest BCUT2D eigenvalue weighted by Crippen LogP contribution is -2.02. The summed E-state index contributed by atoms with van der Waals surface area (Å²) in [6.45, 7) is 0. The Morgan fingerprint density at radius 1 is 0.944 bits per heavy atom. The molecule has 0 bridgehead atoms. The van der Waals surface area contributed by atoms with E-state index < -0.39 is 0 Å². The molecule has 3 aromatic rings. The Bertz CT molecular complexity index is 837. The number of benzene rings is 2. The van der Waals surface area contributed by atoms with Crippen LogP contribution in [0, 0.1) is 0 Å². The van der Waals surface area contributed by atoms with Crippen LogP contribution in [0.2, 0.25) is 15.1 Å². The quantitative estimate of drug-likeness (QED) is 0.436. The Labute approximate surface area is 117 Å². The highest BCUT2D eigenvalue weighted by Gasteiger charge is 2.15. The Morgan fingerprint density at radius 2 is 1.67 bits per heavy atom. The van der Waals surface area contributed by atoms with Gasteiger partial charge in [0.05, 0.1) is 25.8 Å². The summed E-state index contributed by atoms with van der Waals surface area (Å²) in [5.74, 6) is 0. The first-order chi connectivity index (χ1) is 8.59. The first kappa shape index (κ1) is 11.8. The minimum absolute atomic E-state index is 0.124. The Balaban J connectivity index is 2.65. The van der Waals surface area contributed by atoms with Gasteiger partial charge in [-0.1, -0.05) is 46.9 Å². The van der Waals surface area contributed by atoms with Gasteiger partial charge >= 0.3 is 0 Å². The van der Waals surface area contributed by atoms with Crippen molar-refractivity contribution in [3.05, 3.63) is 55.6 Å². The summed E-state index contributed by atoms with van der Waals surface area (Å²) in [5, 5.41) is 1.26. The monoisotopic (exact) mass is 298 g/mol. The van der Waals surface area contributed by atoms with E-state index in [-0.39, 0.29) is 25.9 Å². The van der Waals surface area contributed by atoms with E-state index in [1.807, 2.05) is 0 Å². The fourth-order valence-electron chi connectivity index (χ4n) is 1.86. The van der Waals surface area contributed by atoms with Crippen molar-refractivity contribution < 1.29 is 4.42 Å². The summed E-state index contributed by atoms with van der Waals surface area (Å²) < 4.78 is 5.62. The van der Waals surface area contributed by atoms with Gasteiger partial charge in [-0.15, -0.1) is 0 Å². The lowest BCUT2D eigenvalue weighted by atomic mass is 10.1. The zero-order valence-corrected chi connectivity index (χ0v) is 11.1. The third-order valence-corrected chi connectivity index (χ3v) is 3.97. The number of hydrogen-bond acceptors (Lipinski definition) is 2. The van der Waals surface area contributed by atoms with E-state index in [0.717, 1.165) is 0 Å². The molecule has 0 amide bonds. The van der Waals surface area contributed by atoms with Crippen LogP contribution in [-0.4, -0.2) is 0 Å². The van der Waals surface area contributed by atoms with Crippen molar-refractivity contribution in [2.24, 2.45) is 0 Å². The zero-order valence-electron chi connectivity index (χ0n) is 8.84. The molecule has 0 saturated carbocycles. The van der Waals surface area contributed by atoms with Gasteiger partial charge in [0.2, 0.25) is 5.43 Å². The average Bonchev–Trinajstić information content (AvgIpc) is 2.36. The predicted molar refractivity (Wildman–Crippen MR) is 75.0 cm³/mol. The van der Waals surface area contributed by atoms with Gasteiger partial charge in [-0.3, -0.25) is 4.79 Å². The second kappa shape index (κ2) is 4.16. The first-order valence-corrected chi connectivity index (χ1v) is 6.22. The predicted octanol–water partition coefficient (Wildman–Crippen LogP) is 4.91. The van der Waals surface area contributed by atoms with Gasteiger partial charge in [0.1, 0.15) is 11.2 Å². The van der Waals surface area contributed by atoms with Crippen molar-refractivity contribution in [2.75, 3.05) is 0 Å². The lowest BCUT2D eigenvalue weighted by molar-refractivity contribution is 0.660. The number of rotatable bonds is 0. The van der Waals surface area contributed by atoms with Crippen LogP contribution in [0.4, 0.5) is 0 Å². The fraction of sp³-hybridized carbons (Fsp3) is 0. The van der Waals surface area contributed by atoms with Gasteiger partial charge in [-0.05, 0) is 12.1 Å². The molecule has 0 fully saturated rings. The minimum atomic E-state index is -0.213. The molecule has 18 heavy (non-hydrogen) atoms. The topological polar surface area (TPSA) is 30.2 Å². The Morgan fingerprint density at radius 3 is 2.44 bits per heavy atom. The van der Waals surface area contributed by atoms with Crippen LogP contribution in [0.1, 0.15) is 0 Å². The van der Waals surface area contributed by atoms with E-state index >= 15 is 0 Å². The van der Waals surface area contributed by atoms with E-state index in [1.165, 1.54) is 6.07 Å². The molecule has 90 valence electrons. The molecule has 0 unspecified atom stereocenters. The van der Waals surface area contributed by atoms with Crippen LogP contribution < -0.4 is 5.43 Å². The maximum absolute atomic E-state index is 12.3. The molecule has 0 spiro atoms. The normalized spacial score (nSPS) is 11.3. The van der Waals surface area contributed by atoms with E-state index in [0.29, 0.717) is 16.6 Å². The standard InChI is InChI=1S/C13H5Cl3O2/c14-7-5-9-10(12(16)11(7)15)13(17)6-3-1-2-4-8(6)18-9/h1-5H. The second-order valence-electron chi connectivity index (χ2n) is 3.79. The van der Waals surface area contributed by atoms with Crippen LogP contribution in [0.3, 0.4) is 0 Å². The van der Waals surface area contributed by atoms with Crippen molar-refractivity contribution >= 4 is 56.7 Å². The van der Waals surface area contributed by atoms with Gasteiger partial charge in [0, 0.05) is 6.07 Å². The molecule has 0 N–H and O–H groups in total. The van der Waals surface area contributed by atoms with Crippen molar-refractivity contribution in [3.8, 4) is 0 Å². The number of halogens is 3. The van der Waals surface area contributed by atoms with Crippen LogP contribution in [-0.2, 0) is 0 Å². The lowest BCUT2D eigenvalue weighted by Gasteiger charge is -2.05. The molecule has 5 heteroatoms. The molecule has 0 radical (unpaired) electrons. The summed E-state index contributed by atoms with van der Waals surface area (Å²) >= 11 is 17.9. The fourth-order valence-corrected chi connectivity index (χ4v) is 2.53. The molecule has 2 nitrogen and oxygen atoms in total. The smallest absolute Gasteiger partial charge is 0.202 e. The number of hydrogen-bond donors (Lipinski definition) is 0. The summed E-state index contributed by atoms with van der Waals surface area (Å²) in [5.41, 5.74) is 0.609. The third-order valence-electron chi connectivity index (χ3n) is 2.70. The van der Waals surface area contributed by atoms with Gasteiger partial charge < -0.3 is 4.42 Å². The summed E-state index contributed by atoms with van der Waals surface area (Å²) in [6, 6.07) is 8.44. The summed E-state index contributed by atoms with van der Waals surface area (Å²) in [7, 11) is 0. The van der Waals surface area contributed by atoms with Gasteiger partial charge in [0.25, 0.3) is 0 Å². The molecule has 0 aliphatic heterocycles. The van der Waals surface area contributed by atoms with Crippen molar-refractivity contribution in [3.63, 3.8) is 0 Å². The van der Waals surface area contributed by atoms with E-state index in [9.17, 15) is 4.79 Å². The highest BCUT2D eigenvalue weighted by atomic mass is 35.5. The third kappa shape index (κ3) is 1.61. The summed E-state index contributed by atoms with van der Waals surface area (Å²) in [4.78, 5) is 12.3. The van der Waals surface area contributed by atoms with Crippen LogP contribution in [0.5, 0.6) is 0 Å². The molecule has 1 heterocycles. The van der Waals surface area contributed by atoms with Crippen LogP contribution in [0.15, 0.2) is 39.5 Å². The maximum atomic E-state index is 12.3. The van der Waals surface area contributed by atoms with Crippen molar-refractivity contribution in [2.45, 2.75) is 0 Å². The summed E-state index contributed by atoms with van der Waals surface area (Å²) in [6.07, 6.45) is 0. The Kier molecular flexibility index (Phi) is 2.74. The van der Waals surface area contributed by atoms with E-state index in [4.69, 9.17) is 39.2 Å². The van der Waals surface area contributed by atoms with Gasteiger partial charge in [-0.2, -0.15) is 0 Å². The average molecular weight is 300 g/mol.